The van der Waals surface area contributed by atoms with Gasteiger partial charge in [0.15, 0.2) is 0 Å². The number of anilines is 1. The van der Waals surface area contributed by atoms with E-state index in [1.165, 1.54) is 4.52 Å². The Balaban J connectivity index is 1.72. The fraction of sp³-hybridized carbons (Fsp3) is 0.316. The maximum Gasteiger partial charge on any atom is 0.453 e. The maximum atomic E-state index is 13.0. The van der Waals surface area contributed by atoms with E-state index in [9.17, 15) is 13.2 Å². The number of alkyl halides is 3. The molecular weight excluding hydrogens is 355 g/mol. The molecule has 1 atom stereocenters. The molecular formula is C19H18F3N5. The number of rotatable bonds is 3. The van der Waals surface area contributed by atoms with Gasteiger partial charge >= 0.3 is 6.18 Å². The van der Waals surface area contributed by atoms with Gasteiger partial charge in [-0.15, -0.1) is 5.10 Å². The lowest BCUT2D eigenvalue weighted by molar-refractivity contribution is -0.144. The van der Waals surface area contributed by atoms with Gasteiger partial charge < -0.3 is 4.90 Å². The third kappa shape index (κ3) is 3.51. The van der Waals surface area contributed by atoms with Gasteiger partial charge in [0.1, 0.15) is 5.82 Å². The molecule has 0 N–H and O–H groups in total. The van der Waals surface area contributed by atoms with Gasteiger partial charge in [-0.3, -0.25) is 0 Å². The minimum Gasteiger partial charge on any atom is -0.350 e. The zero-order valence-corrected chi connectivity index (χ0v) is 14.7. The second kappa shape index (κ2) is 6.68. The van der Waals surface area contributed by atoms with Crippen LogP contribution in [0.25, 0.3) is 11.9 Å². The molecule has 0 saturated carbocycles. The Bertz CT molecular complexity index is 978. The lowest BCUT2D eigenvalue weighted by Gasteiger charge is -2.24. The SMILES string of the molecule is Cc1cc(N2CCCC2/C=C/c2ccccc2)n2nc(C(F)(F)F)nc2n1. The van der Waals surface area contributed by atoms with Crippen molar-refractivity contribution in [1.82, 2.24) is 19.6 Å². The van der Waals surface area contributed by atoms with Crippen molar-refractivity contribution in [2.75, 3.05) is 11.4 Å². The number of hydrogen-bond donors (Lipinski definition) is 0. The van der Waals surface area contributed by atoms with Crippen molar-refractivity contribution < 1.29 is 13.2 Å². The van der Waals surface area contributed by atoms with Gasteiger partial charge in [0.25, 0.3) is 11.6 Å². The molecule has 1 aromatic carbocycles. The summed E-state index contributed by atoms with van der Waals surface area (Å²) in [5.74, 6) is -0.617. The van der Waals surface area contributed by atoms with Gasteiger partial charge in [0.05, 0.1) is 0 Å². The van der Waals surface area contributed by atoms with E-state index in [0.29, 0.717) is 11.5 Å². The first kappa shape index (κ1) is 17.5. The topological polar surface area (TPSA) is 46.3 Å². The third-order valence-electron chi connectivity index (χ3n) is 4.58. The van der Waals surface area contributed by atoms with E-state index in [4.69, 9.17) is 0 Å². The van der Waals surface area contributed by atoms with E-state index >= 15 is 0 Å². The summed E-state index contributed by atoms with van der Waals surface area (Å²) in [5.41, 5.74) is 1.69. The molecule has 0 aliphatic carbocycles. The van der Waals surface area contributed by atoms with Crippen LogP contribution in [0.15, 0.2) is 42.5 Å². The van der Waals surface area contributed by atoms with Crippen molar-refractivity contribution in [3.8, 4) is 0 Å². The van der Waals surface area contributed by atoms with Crippen LogP contribution in [-0.4, -0.2) is 32.2 Å². The summed E-state index contributed by atoms with van der Waals surface area (Å²) in [7, 11) is 0. The second-order valence-corrected chi connectivity index (χ2v) is 6.57. The molecule has 3 heterocycles. The standard InChI is InChI=1S/C19H18F3N5/c1-13-12-16(27-18(23-13)24-17(25-27)19(20,21)22)26-11-5-8-15(26)10-9-14-6-3-2-4-7-14/h2-4,6-7,9-10,12,15H,5,8,11H2,1H3/b10-9+. The van der Waals surface area contributed by atoms with Crippen LogP contribution < -0.4 is 4.90 Å². The van der Waals surface area contributed by atoms with Crippen LogP contribution in [0.1, 0.15) is 29.9 Å². The Kier molecular flexibility index (Phi) is 4.33. The molecule has 0 amide bonds. The molecule has 140 valence electrons. The van der Waals surface area contributed by atoms with E-state index < -0.39 is 12.0 Å². The highest BCUT2D eigenvalue weighted by Crippen LogP contribution is 2.30. The van der Waals surface area contributed by atoms with E-state index in [0.717, 1.165) is 24.9 Å². The Hall–Kier alpha value is -2.90. The molecule has 3 aromatic rings. The van der Waals surface area contributed by atoms with Gasteiger partial charge in [-0.2, -0.15) is 22.7 Å². The van der Waals surface area contributed by atoms with Crippen molar-refractivity contribution in [2.24, 2.45) is 0 Å². The zero-order valence-electron chi connectivity index (χ0n) is 14.7. The summed E-state index contributed by atoms with van der Waals surface area (Å²) in [5, 5.41) is 3.67. The van der Waals surface area contributed by atoms with Crippen LogP contribution in [0.5, 0.6) is 0 Å². The van der Waals surface area contributed by atoms with Crippen molar-refractivity contribution in [1.29, 1.82) is 0 Å². The third-order valence-corrected chi connectivity index (χ3v) is 4.58. The highest BCUT2D eigenvalue weighted by atomic mass is 19.4. The first-order valence-electron chi connectivity index (χ1n) is 8.73. The highest BCUT2D eigenvalue weighted by molar-refractivity contribution is 5.54. The summed E-state index contributed by atoms with van der Waals surface area (Å²) >= 11 is 0. The van der Waals surface area contributed by atoms with Gasteiger partial charge in [0.2, 0.25) is 0 Å². The Morgan fingerprint density at radius 1 is 1.15 bits per heavy atom. The van der Waals surface area contributed by atoms with Crippen molar-refractivity contribution >= 4 is 17.7 Å². The second-order valence-electron chi connectivity index (χ2n) is 6.57. The summed E-state index contributed by atoms with van der Waals surface area (Å²) in [6.07, 6.45) is 1.40. The molecule has 4 rings (SSSR count). The van der Waals surface area contributed by atoms with Crippen molar-refractivity contribution in [3.05, 3.63) is 59.6 Å². The Morgan fingerprint density at radius 3 is 2.67 bits per heavy atom. The number of hydrogen-bond acceptors (Lipinski definition) is 4. The molecule has 5 nitrogen and oxygen atoms in total. The van der Waals surface area contributed by atoms with E-state index in [1.54, 1.807) is 13.0 Å². The molecule has 1 fully saturated rings. The first-order valence-corrected chi connectivity index (χ1v) is 8.73. The zero-order chi connectivity index (χ0) is 19.0. The molecule has 1 aliphatic rings. The summed E-state index contributed by atoms with van der Waals surface area (Å²) < 4.78 is 40.3. The highest BCUT2D eigenvalue weighted by Gasteiger charge is 2.37. The van der Waals surface area contributed by atoms with Crippen LogP contribution in [0.4, 0.5) is 19.0 Å². The smallest absolute Gasteiger partial charge is 0.350 e. The van der Waals surface area contributed by atoms with E-state index in [2.05, 4.69) is 26.0 Å². The van der Waals surface area contributed by atoms with E-state index in [1.807, 2.05) is 36.4 Å². The molecule has 0 bridgehead atoms. The number of aromatic nitrogens is 4. The Morgan fingerprint density at radius 2 is 1.93 bits per heavy atom. The molecule has 1 unspecified atom stereocenters. The number of fused-ring (bicyclic) bond motifs is 1. The largest absolute Gasteiger partial charge is 0.453 e. The molecule has 1 saturated heterocycles. The van der Waals surface area contributed by atoms with Gasteiger partial charge in [-0.05, 0) is 25.3 Å². The lowest BCUT2D eigenvalue weighted by Crippen LogP contribution is -2.29. The number of benzene rings is 1. The quantitative estimate of drug-likeness (QED) is 0.692. The monoisotopic (exact) mass is 373 g/mol. The lowest BCUT2D eigenvalue weighted by atomic mass is 10.1. The van der Waals surface area contributed by atoms with E-state index in [-0.39, 0.29) is 11.8 Å². The van der Waals surface area contributed by atoms with Gasteiger partial charge in [-0.25, -0.2) is 4.98 Å². The number of halogens is 3. The minimum absolute atomic E-state index is 0.0324. The summed E-state index contributed by atoms with van der Waals surface area (Å²) in [4.78, 5) is 9.74. The van der Waals surface area contributed by atoms with Crippen LogP contribution in [0.3, 0.4) is 0 Å². The van der Waals surface area contributed by atoms with Crippen LogP contribution in [-0.2, 0) is 6.18 Å². The fourth-order valence-electron chi connectivity index (χ4n) is 3.36. The number of nitrogens with zero attached hydrogens (tertiary/aromatic N) is 5. The van der Waals surface area contributed by atoms with Crippen molar-refractivity contribution in [2.45, 2.75) is 32.0 Å². The first-order chi connectivity index (χ1) is 12.9. The minimum atomic E-state index is -4.60. The van der Waals surface area contributed by atoms with Crippen LogP contribution in [0, 0.1) is 6.92 Å². The van der Waals surface area contributed by atoms with Crippen molar-refractivity contribution in [3.63, 3.8) is 0 Å². The summed E-state index contributed by atoms with van der Waals surface area (Å²) in [6, 6.07) is 11.8. The molecule has 1 aliphatic heterocycles. The average molecular weight is 373 g/mol. The molecule has 2 aromatic heterocycles. The predicted molar refractivity (Wildman–Crippen MR) is 96.4 cm³/mol. The average Bonchev–Trinajstić information content (AvgIpc) is 3.26. The summed E-state index contributed by atoms with van der Waals surface area (Å²) in [6.45, 7) is 2.49. The van der Waals surface area contributed by atoms with Crippen LogP contribution >= 0.6 is 0 Å². The fourth-order valence-corrected chi connectivity index (χ4v) is 3.36. The Labute approximate surface area is 154 Å². The van der Waals surface area contributed by atoms with Gasteiger partial charge in [0, 0.05) is 24.3 Å². The normalized spacial score (nSPS) is 18.1. The number of aryl methyl sites for hydroxylation is 1. The molecule has 27 heavy (non-hydrogen) atoms. The van der Waals surface area contributed by atoms with Crippen LogP contribution in [0.2, 0.25) is 0 Å². The van der Waals surface area contributed by atoms with Gasteiger partial charge in [-0.1, -0.05) is 42.5 Å². The maximum absolute atomic E-state index is 13.0. The predicted octanol–water partition coefficient (Wildman–Crippen LogP) is 4.13. The molecule has 0 spiro atoms. The molecule has 8 heteroatoms. The molecule has 0 radical (unpaired) electrons.